The predicted octanol–water partition coefficient (Wildman–Crippen LogP) is 4.64. The van der Waals surface area contributed by atoms with E-state index in [-0.39, 0.29) is 12.2 Å². The van der Waals surface area contributed by atoms with Crippen LogP contribution in [0.4, 0.5) is 0 Å². The molecule has 0 spiro atoms. The number of ether oxygens (including phenoxy) is 1. The highest BCUT2D eigenvalue weighted by molar-refractivity contribution is 6.32. The van der Waals surface area contributed by atoms with Crippen molar-refractivity contribution in [1.29, 1.82) is 0 Å². The van der Waals surface area contributed by atoms with Gasteiger partial charge in [0.2, 0.25) is 0 Å². The van der Waals surface area contributed by atoms with Crippen LogP contribution in [-0.4, -0.2) is 0 Å². The van der Waals surface area contributed by atoms with Gasteiger partial charge in [-0.15, -0.1) is 0 Å². The van der Waals surface area contributed by atoms with Crippen molar-refractivity contribution in [3.63, 3.8) is 0 Å². The van der Waals surface area contributed by atoms with Crippen LogP contribution >= 0.6 is 11.6 Å². The number of fused-ring (bicyclic) bond motifs is 1. The van der Waals surface area contributed by atoms with E-state index in [0.29, 0.717) is 16.4 Å². The molecule has 0 bridgehead atoms. The van der Waals surface area contributed by atoms with Crippen molar-refractivity contribution < 1.29 is 9.15 Å². The summed E-state index contributed by atoms with van der Waals surface area (Å²) in [5.74, 6) is 0.592. The van der Waals surface area contributed by atoms with Crippen LogP contribution in [0.15, 0.2) is 51.7 Å². The first kappa shape index (κ1) is 14.7. The second-order valence-electron chi connectivity index (χ2n) is 5.24. The molecule has 0 unspecified atom stereocenters. The van der Waals surface area contributed by atoms with Gasteiger partial charge in [-0.1, -0.05) is 23.7 Å². The Hall–Kier alpha value is -2.26. The van der Waals surface area contributed by atoms with Crippen LogP contribution in [0.3, 0.4) is 0 Å². The molecule has 0 atom stereocenters. The Balaban J connectivity index is 2.01. The fourth-order valence-electron chi connectivity index (χ4n) is 2.32. The fourth-order valence-corrected chi connectivity index (χ4v) is 2.51. The smallest absolute Gasteiger partial charge is 0.336 e. The number of hydrogen-bond acceptors (Lipinski definition) is 3. The molecule has 2 aromatic carbocycles. The fraction of sp³-hybridized carbons (Fsp3) is 0.167. The zero-order chi connectivity index (χ0) is 15.7. The van der Waals surface area contributed by atoms with E-state index in [2.05, 4.69) is 0 Å². The lowest BCUT2D eigenvalue weighted by Crippen LogP contribution is -2.04. The quantitative estimate of drug-likeness (QED) is 0.661. The van der Waals surface area contributed by atoms with Crippen LogP contribution in [-0.2, 0) is 6.61 Å². The third-order valence-electron chi connectivity index (χ3n) is 3.66. The van der Waals surface area contributed by atoms with Gasteiger partial charge in [-0.2, -0.15) is 0 Å². The molecule has 0 radical (unpaired) electrons. The highest BCUT2D eigenvalue weighted by atomic mass is 35.5. The maximum Gasteiger partial charge on any atom is 0.336 e. The second-order valence-corrected chi connectivity index (χ2v) is 5.65. The number of halogens is 1. The summed E-state index contributed by atoms with van der Waals surface area (Å²) in [7, 11) is 0. The minimum atomic E-state index is -0.381. The van der Waals surface area contributed by atoms with Gasteiger partial charge in [0.15, 0.2) is 0 Å². The normalized spacial score (nSPS) is 10.9. The average Bonchev–Trinajstić information content (AvgIpc) is 2.48. The third-order valence-corrected chi connectivity index (χ3v) is 3.98. The molecule has 1 aromatic heterocycles. The molecule has 4 heteroatoms. The summed E-state index contributed by atoms with van der Waals surface area (Å²) < 4.78 is 11.0. The van der Waals surface area contributed by atoms with E-state index in [9.17, 15) is 4.79 Å². The lowest BCUT2D eigenvalue weighted by molar-refractivity contribution is 0.307. The summed E-state index contributed by atoms with van der Waals surface area (Å²) in [5.41, 5.74) is 3.20. The van der Waals surface area contributed by atoms with Crippen LogP contribution in [0.1, 0.15) is 16.7 Å². The molecule has 0 saturated heterocycles. The second kappa shape index (κ2) is 5.85. The molecule has 3 aromatic rings. The van der Waals surface area contributed by atoms with Gasteiger partial charge < -0.3 is 9.15 Å². The molecule has 0 saturated carbocycles. The summed E-state index contributed by atoms with van der Waals surface area (Å²) in [6.07, 6.45) is 0. The molecule has 22 heavy (non-hydrogen) atoms. The molecule has 0 aliphatic rings. The molecule has 3 rings (SSSR count). The van der Waals surface area contributed by atoms with Crippen molar-refractivity contribution in [1.82, 2.24) is 0 Å². The van der Waals surface area contributed by atoms with Gasteiger partial charge in [0.25, 0.3) is 0 Å². The Morgan fingerprint density at radius 1 is 1.09 bits per heavy atom. The molecule has 0 fully saturated rings. The monoisotopic (exact) mass is 314 g/mol. The van der Waals surface area contributed by atoms with E-state index in [4.69, 9.17) is 20.8 Å². The Bertz CT molecular complexity index is 896. The largest absolute Gasteiger partial charge is 0.487 e. The Morgan fingerprint density at radius 3 is 2.59 bits per heavy atom. The van der Waals surface area contributed by atoms with Crippen molar-refractivity contribution >= 4 is 22.6 Å². The summed E-state index contributed by atoms with van der Waals surface area (Å²) >= 11 is 6.08. The first-order chi connectivity index (χ1) is 10.5. The summed E-state index contributed by atoms with van der Waals surface area (Å²) in [6.45, 7) is 4.27. The third kappa shape index (κ3) is 2.85. The average molecular weight is 315 g/mol. The van der Waals surface area contributed by atoms with Gasteiger partial charge in [0.1, 0.15) is 17.9 Å². The van der Waals surface area contributed by atoms with Gasteiger partial charge >= 0.3 is 5.63 Å². The van der Waals surface area contributed by atoms with Gasteiger partial charge in [0, 0.05) is 17.0 Å². The number of aryl methyl sites for hydroxylation is 2. The maximum absolute atomic E-state index is 11.7. The minimum absolute atomic E-state index is 0.258. The van der Waals surface area contributed by atoms with Crippen molar-refractivity contribution in [3.8, 4) is 5.75 Å². The van der Waals surface area contributed by atoms with Crippen LogP contribution in [0.5, 0.6) is 5.75 Å². The zero-order valence-corrected chi connectivity index (χ0v) is 13.1. The van der Waals surface area contributed by atoms with Crippen molar-refractivity contribution in [3.05, 3.63) is 74.6 Å². The number of para-hydroxylation sites is 1. The van der Waals surface area contributed by atoms with Crippen molar-refractivity contribution in [2.45, 2.75) is 20.5 Å². The number of hydrogen-bond donors (Lipinski definition) is 0. The minimum Gasteiger partial charge on any atom is -0.487 e. The Labute approximate surface area is 133 Å². The lowest BCUT2D eigenvalue weighted by atomic mass is 10.0. The Morgan fingerprint density at radius 2 is 1.82 bits per heavy atom. The van der Waals surface area contributed by atoms with Crippen LogP contribution in [0.2, 0.25) is 5.02 Å². The van der Waals surface area contributed by atoms with E-state index >= 15 is 0 Å². The molecule has 0 aliphatic heterocycles. The first-order valence-corrected chi connectivity index (χ1v) is 7.34. The molecule has 0 aliphatic carbocycles. The highest BCUT2D eigenvalue weighted by Gasteiger charge is 2.09. The molecule has 1 heterocycles. The van der Waals surface area contributed by atoms with Gasteiger partial charge in [0.05, 0.1) is 5.02 Å². The van der Waals surface area contributed by atoms with E-state index < -0.39 is 0 Å². The molecular formula is C18H15ClO3. The SMILES string of the molecule is Cc1cc2oc(=O)cc(COc3ccccc3Cl)c2cc1C. The van der Waals surface area contributed by atoms with E-state index in [0.717, 1.165) is 22.1 Å². The summed E-state index contributed by atoms with van der Waals surface area (Å²) in [6, 6.07) is 12.6. The van der Waals surface area contributed by atoms with Crippen molar-refractivity contribution in [2.24, 2.45) is 0 Å². The predicted molar refractivity (Wildman–Crippen MR) is 87.7 cm³/mol. The molecule has 112 valence electrons. The van der Waals surface area contributed by atoms with Gasteiger partial charge in [-0.3, -0.25) is 0 Å². The van der Waals surface area contributed by atoms with Gasteiger partial charge in [-0.25, -0.2) is 4.79 Å². The molecule has 3 nitrogen and oxygen atoms in total. The summed E-state index contributed by atoms with van der Waals surface area (Å²) in [5, 5.41) is 1.43. The standard InChI is InChI=1S/C18H15ClO3/c1-11-7-14-13(9-18(20)22-17(14)8-12(11)2)10-21-16-6-4-3-5-15(16)19/h3-9H,10H2,1-2H3. The van der Waals surface area contributed by atoms with Crippen LogP contribution in [0, 0.1) is 13.8 Å². The number of benzene rings is 2. The van der Waals surface area contributed by atoms with E-state index in [1.807, 2.05) is 38.1 Å². The first-order valence-electron chi connectivity index (χ1n) is 6.96. The van der Waals surface area contributed by atoms with E-state index in [1.165, 1.54) is 6.07 Å². The highest BCUT2D eigenvalue weighted by Crippen LogP contribution is 2.26. The van der Waals surface area contributed by atoms with Gasteiger partial charge in [-0.05, 0) is 49.2 Å². The molecular weight excluding hydrogens is 300 g/mol. The van der Waals surface area contributed by atoms with Crippen molar-refractivity contribution in [2.75, 3.05) is 0 Å². The zero-order valence-electron chi connectivity index (χ0n) is 12.4. The lowest BCUT2D eigenvalue weighted by Gasteiger charge is -2.10. The topological polar surface area (TPSA) is 39.4 Å². The summed E-state index contributed by atoms with van der Waals surface area (Å²) in [4.78, 5) is 11.7. The molecule has 0 N–H and O–H groups in total. The van der Waals surface area contributed by atoms with Crippen LogP contribution < -0.4 is 10.4 Å². The molecule has 0 amide bonds. The van der Waals surface area contributed by atoms with Crippen LogP contribution in [0.25, 0.3) is 11.0 Å². The maximum atomic E-state index is 11.7. The van der Waals surface area contributed by atoms with E-state index in [1.54, 1.807) is 12.1 Å². The Kier molecular flexibility index (Phi) is 3.90. The number of rotatable bonds is 3.